The zero-order chi connectivity index (χ0) is 11.3. The maximum atomic E-state index is 13.3. The molecule has 1 nitrogen and oxygen atoms in total. The van der Waals surface area contributed by atoms with E-state index in [1.54, 1.807) is 19.1 Å². The molecule has 1 aromatic rings. The normalized spacial score (nSPS) is 13.3. The average molecular weight is 228 g/mol. The number of halogens is 2. The number of benzene rings is 1. The molecule has 82 valence electrons. The van der Waals surface area contributed by atoms with Crippen LogP contribution in [0.5, 0.6) is 0 Å². The third-order valence-corrected chi connectivity index (χ3v) is 2.51. The van der Waals surface area contributed by atoms with Crippen LogP contribution in [0.2, 0.25) is 0 Å². The molecule has 0 bridgehead atoms. The Morgan fingerprint density at radius 2 is 2.27 bits per heavy atom. The fourth-order valence-electron chi connectivity index (χ4n) is 1.29. The van der Waals surface area contributed by atoms with E-state index < -0.39 is 0 Å². The molecule has 1 unspecified atom stereocenters. The zero-order valence-electron chi connectivity index (χ0n) is 8.93. The SMILES string of the molecule is Cc1ccc(C(C)NC/C=C/Cl)cc1F. The largest absolute Gasteiger partial charge is 0.307 e. The molecule has 0 aliphatic heterocycles. The lowest BCUT2D eigenvalue weighted by Crippen LogP contribution is -2.18. The number of hydrogen-bond acceptors (Lipinski definition) is 1. The van der Waals surface area contributed by atoms with Gasteiger partial charge in [-0.3, -0.25) is 0 Å². The standard InChI is InChI=1S/C12H15ClFN/c1-9-4-5-11(8-12(9)14)10(2)15-7-3-6-13/h3-6,8,10,15H,7H2,1-2H3/b6-3+. The van der Waals surface area contributed by atoms with Crippen LogP contribution in [-0.4, -0.2) is 6.54 Å². The molecule has 0 amide bonds. The summed E-state index contributed by atoms with van der Waals surface area (Å²) in [5, 5.41) is 3.21. The average Bonchev–Trinajstić information content (AvgIpc) is 2.22. The molecule has 0 fully saturated rings. The molecule has 1 atom stereocenters. The van der Waals surface area contributed by atoms with Crippen molar-refractivity contribution >= 4 is 11.6 Å². The van der Waals surface area contributed by atoms with Gasteiger partial charge in [0.15, 0.2) is 0 Å². The monoisotopic (exact) mass is 227 g/mol. The van der Waals surface area contributed by atoms with Crippen LogP contribution in [0.25, 0.3) is 0 Å². The van der Waals surface area contributed by atoms with Crippen molar-refractivity contribution in [3.63, 3.8) is 0 Å². The van der Waals surface area contributed by atoms with Gasteiger partial charge in [0.25, 0.3) is 0 Å². The Hall–Kier alpha value is -0.860. The lowest BCUT2D eigenvalue weighted by atomic mass is 10.1. The minimum absolute atomic E-state index is 0.118. The number of nitrogens with one attached hydrogen (secondary N) is 1. The second-order valence-corrected chi connectivity index (χ2v) is 3.75. The number of rotatable bonds is 4. The molecule has 1 N–H and O–H groups in total. The molecule has 0 saturated carbocycles. The van der Waals surface area contributed by atoms with Crippen LogP contribution in [0.15, 0.2) is 29.8 Å². The van der Waals surface area contributed by atoms with Crippen LogP contribution in [0, 0.1) is 12.7 Å². The Morgan fingerprint density at radius 3 is 2.87 bits per heavy atom. The highest BCUT2D eigenvalue weighted by Crippen LogP contribution is 2.15. The first-order chi connectivity index (χ1) is 7.15. The molecule has 0 aromatic heterocycles. The Balaban J connectivity index is 2.65. The molecule has 0 aliphatic carbocycles. The van der Waals surface area contributed by atoms with Crippen LogP contribution in [0.1, 0.15) is 24.1 Å². The third-order valence-electron chi connectivity index (χ3n) is 2.33. The summed E-state index contributed by atoms with van der Waals surface area (Å²) in [6.45, 7) is 4.43. The molecule has 0 aliphatic rings. The van der Waals surface area contributed by atoms with Gasteiger partial charge >= 0.3 is 0 Å². The zero-order valence-corrected chi connectivity index (χ0v) is 9.68. The van der Waals surface area contributed by atoms with Crippen molar-refractivity contribution in [3.8, 4) is 0 Å². The summed E-state index contributed by atoms with van der Waals surface area (Å²) >= 11 is 5.40. The van der Waals surface area contributed by atoms with Crippen LogP contribution >= 0.6 is 11.6 Å². The summed E-state index contributed by atoms with van der Waals surface area (Å²) in [5.74, 6) is -0.158. The summed E-state index contributed by atoms with van der Waals surface area (Å²) in [5.41, 5.74) is 3.09. The Bertz CT molecular complexity index is 349. The van der Waals surface area contributed by atoms with E-state index in [0.717, 1.165) is 5.56 Å². The highest BCUT2D eigenvalue weighted by molar-refractivity contribution is 6.25. The first kappa shape index (κ1) is 12.2. The van der Waals surface area contributed by atoms with Crippen molar-refractivity contribution in [1.82, 2.24) is 5.32 Å². The maximum Gasteiger partial charge on any atom is 0.126 e. The number of aryl methyl sites for hydroxylation is 1. The first-order valence-electron chi connectivity index (χ1n) is 4.90. The van der Waals surface area contributed by atoms with Gasteiger partial charge in [-0.05, 0) is 31.0 Å². The molecule has 0 saturated heterocycles. The van der Waals surface area contributed by atoms with Crippen LogP contribution in [-0.2, 0) is 0 Å². The second kappa shape index (κ2) is 5.89. The summed E-state index contributed by atoms with van der Waals surface area (Å²) < 4.78 is 13.3. The van der Waals surface area contributed by atoms with Crippen molar-refractivity contribution in [2.24, 2.45) is 0 Å². The quantitative estimate of drug-likeness (QED) is 0.830. The molecule has 1 rings (SSSR count). The van der Waals surface area contributed by atoms with Gasteiger partial charge in [0.2, 0.25) is 0 Å². The number of hydrogen-bond donors (Lipinski definition) is 1. The minimum Gasteiger partial charge on any atom is -0.307 e. The third kappa shape index (κ3) is 3.65. The lowest BCUT2D eigenvalue weighted by Gasteiger charge is -2.13. The van der Waals surface area contributed by atoms with Gasteiger partial charge in [0, 0.05) is 18.1 Å². The van der Waals surface area contributed by atoms with Crippen LogP contribution < -0.4 is 5.32 Å². The van der Waals surface area contributed by atoms with Gasteiger partial charge in [-0.2, -0.15) is 0 Å². The van der Waals surface area contributed by atoms with Gasteiger partial charge in [0.05, 0.1) is 0 Å². The second-order valence-electron chi connectivity index (χ2n) is 3.50. The van der Waals surface area contributed by atoms with E-state index >= 15 is 0 Å². The summed E-state index contributed by atoms with van der Waals surface area (Å²) in [6, 6.07) is 5.41. The van der Waals surface area contributed by atoms with Gasteiger partial charge in [-0.15, -0.1) is 0 Å². The predicted molar refractivity (Wildman–Crippen MR) is 62.5 cm³/mol. The smallest absolute Gasteiger partial charge is 0.126 e. The predicted octanol–water partition coefficient (Wildman–Crippen LogP) is 3.54. The molecule has 3 heteroatoms. The van der Waals surface area contributed by atoms with Crippen molar-refractivity contribution in [1.29, 1.82) is 0 Å². The molecule has 1 aromatic carbocycles. The van der Waals surface area contributed by atoms with Crippen LogP contribution in [0.3, 0.4) is 0 Å². The Morgan fingerprint density at radius 1 is 1.53 bits per heavy atom. The fraction of sp³-hybridized carbons (Fsp3) is 0.333. The van der Waals surface area contributed by atoms with Gasteiger partial charge < -0.3 is 5.32 Å². The van der Waals surface area contributed by atoms with Crippen molar-refractivity contribution in [2.75, 3.05) is 6.54 Å². The van der Waals surface area contributed by atoms with Crippen LogP contribution in [0.4, 0.5) is 4.39 Å². The van der Waals surface area contributed by atoms with Gasteiger partial charge in [-0.1, -0.05) is 29.8 Å². The molecular weight excluding hydrogens is 213 g/mol. The first-order valence-corrected chi connectivity index (χ1v) is 5.33. The highest BCUT2D eigenvalue weighted by atomic mass is 35.5. The van der Waals surface area contributed by atoms with Gasteiger partial charge in [-0.25, -0.2) is 4.39 Å². The highest BCUT2D eigenvalue weighted by Gasteiger charge is 2.05. The van der Waals surface area contributed by atoms with E-state index in [1.165, 1.54) is 5.54 Å². The Labute approximate surface area is 95.0 Å². The summed E-state index contributed by atoms with van der Waals surface area (Å²) in [6.07, 6.45) is 1.81. The van der Waals surface area contributed by atoms with Crippen molar-refractivity contribution < 1.29 is 4.39 Å². The molecular formula is C12H15ClFN. The van der Waals surface area contributed by atoms with E-state index in [-0.39, 0.29) is 11.9 Å². The summed E-state index contributed by atoms with van der Waals surface area (Å²) in [4.78, 5) is 0. The fourth-order valence-corrected chi connectivity index (χ4v) is 1.37. The topological polar surface area (TPSA) is 12.0 Å². The molecule has 0 heterocycles. The van der Waals surface area contributed by atoms with Gasteiger partial charge in [0.1, 0.15) is 5.82 Å². The Kier molecular flexibility index (Phi) is 4.79. The van der Waals surface area contributed by atoms with E-state index in [4.69, 9.17) is 11.6 Å². The summed E-state index contributed by atoms with van der Waals surface area (Å²) in [7, 11) is 0. The van der Waals surface area contributed by atoms with E-state index in [2.05, 4.69) is 5.32 Å². The van der Waals surface area contributed by atoms with Crippen molar-refractivity contribution in [2.45, 2.75) is 19.9 Å². The molecule has 0 radical (unpaired) electrons. The maximum absolute atomic E-state index is 13.3. The van der Waals surface area contributed by atoms with E-state index in [0.29, 0.717) is 12.1 Å². The minimum atomic E-state index is -0.158. The van der Waals surface area contributed by atoms with E-state index in [9.17, 15) is 4.39 Å². The lowest BCUT2D eigenvalue weighted by molar-refractivity contribution is 0.590. The van der Waals surface area contributed by atoms with Crippen molar-refractivity contribution in [3.05, 3.63) is 46.8 Å². The molecule has 15 heavy (non-hydrogen) atoms. The van der Waals surface area contributed by atoms with E-state index in [1.807, 2.05) is 19.1 Å². The molecule has 0 spiro atoms.